The topological polar surface area (TPSA) is 54.9 Å². The van der Waals surface area contributed by atoms with Crippen LogP contribution in [0.15, 0.2) is 48.7 Å². The van der Waals surface area contributed by atoms with Crippen molar-refractivity contribution >= 4 is 17.2 Å². The van der Waals surface area contributed by atoms with E-state index in [0.29, 0.717) is 13.0 Å². The fourth-order valence-corrected chi connectivity index (χ4v) is 3.26. The summed E-state index contributed by atoms with van der Waals surface area (Å²) in [5, 5.41) is 3.75. The summed E-state index contributed by atoms with van der Waals surface area (Å²) < 4.78 is 12.8. The molecule has 0 saturated heterocycles. The van der Waals surface area contributed by atoms with E-state index in [1.54, 1.807) is 11.3 Å². The van der Waals surface area contributed by atoms with Crippen molar-refractivity contribution < 1.29 is 9.18 Å². The monoisotopic (exact) mass is 341 g/mol. The van der Waals surface area contributed by atoms with E-state index in [4.69, 9.17) is 0 Å². The van der Waals surface area contributed by atoms with Crippen molar-refractivity contribution in [3.63, 3.8) is 0 Å². The van der Waals surface area contributed by atoms with Crippen molar-refractivity contribution in [2.24, 2.45) is 0 Å². The highest BCUT2D eigenvalue weighted by Crippen LogP contribution is 2.27. The molecule has 0 aliphatic carbocycles. The third-order valence-electron chi connectivity index (χ3n) is 3.47. The Bertz CT molecular complexity index is 831. The minimum Gasteiger partial charge on any atom is -0.350 e. The zero-order valence-corrected chi connectivity index (χ0v) is 13.9. The molecular weight excluding hydrogens is 325 g/mol. The second kappa shape index (κ2) is 7.31. The molecule has 1 N–H and O–H groups in total. The molecule has 0 atom stereocenters. The Morgan fingerprint density at radius 1 is 1.21 bits per heavy atom. The summed E-state index contributed by atoms with van der Waals surface area (Å²) in [5.41, 5.74) is 2.29. The van der Waals surface area contributed by atoms with E-state index in [9.17, 15) is 9.18 Å². The first-order valence-corrected chi connectivity index (χ1v) is 8.36. The number of rotatable bonds is 5. The lowest BCUT2D eigenvalue weighted by molar-refractivity contribution is 0.0949. The number of thiazole rings is 1. The molecule has 24 heavy (non-hydrogen) atoms. The molecule has 0 aliphatic heterocycles. The molecule has 0 radical (unpaired) electrons. The van der Waals surface area contributed by atoms with Gasteiger partial charge in [-0.05, 0) is 19.1 Å². The highest BCUT2D eigenvalue weighted by atomic mass is 32.1. The molecule has 2 aromatic heterocycles. The molecule has 2 heterocycles. The third kappa shape index (κ3) is 3.83. The molecule has 3 rings (SSSR count). The Kier molecular flexibility index (Phi) is 4.96. The van der Waals surface area contributed by atoms with Gasteiger partial charge in [0, 0.05) is 23.4 Å². The SMILES string of the molecule is Cc1sc(CCNC(=O)c2ccc(F)cn2)nc1-c1ccccc1. The number of pyridine rings is 1. The Hall–Kier alpha value is -2.60. The van der Waals surface area contributed by atoms with Gasteiger partial charge in [0.2, 0.25) is 0 Å². The number of amides is 1. The fourth-order valence-electron chi connectivity index (χ4n) is 2.31. The Morgan fingerprint density at radius 2 is 2.00 bits per heavy atom. The van der Waals surface area contributed by atoms with Crippen LogP contribution in [0.3, 0.4) is 0 Å². The number of aryl methyl sites for hydroxylation is 1. The average molecular weight is 341 g/mol. The molecule has 0 fully saturated rings. The summed E-state index contributed by atoms with van der Waals surface area (Å²) in [6, 6.07) is 12.6. The molecule has 0 spiro atoms. The van der Waals surface area contributed by atoms with Crippen LogP contribution in [0.4, 0.5) is 4.39 Å². The van der Waals surface area contributed by atoms with Crippen LogP contribution in [0.2, 0.25) is 0 Å². The lowest BCUT2D eigenvalue weighted by Crippen LogP contribution is -2.26. The molecule has 0 unspecified atom stereocenters. The van der Waals surface area contributed by atoms with E-state index in [2.05, 4.69) is 15.3 Å². The van der Waals surface area contributed by atoms with Crippen LogP contribution in [0, 0.1) is 12.7 Å². The minimum absolute atomic E-state index is 0.205. The van der Waals surface area contributed by atoms with Crippen molar-refractivity contribution in [2.75, 3.05) is 6.54 Å². The summed E-state index contributed by atoms with van der Waals surface area (Å²) in [5.74, 6) is -0.773. The average Bonchev–Trinajstić information content (AvgIpc) is 2.97. The standard InChI is InChI=1S/C18H16FN3OS/c1-12-17(13-5-3-2-4-6-13)22-16(24-12)9-10-20-18(23)15-8-7-14(19)11-21-15/h2-8,11H,9-10H2,1H3,(H,20,23). The first-order chi connectivity index (χ1) is 11.6. The van der Waals surface area contributed by atoms with Crippen LogP contribution < -0.4 is 5.32 Å². The zero-order chi connectivity index (χ0) is 16.9. The maximum Gasteiger partial charge on any atom is 0.269 e. The Balaban J connectivity index is 1.59. The molecule has 0 aliphatic rings. The number of carbonyl (C=O) groups is 1. The number of aromatic nitrogens is 2. The quantitative estimate of drug-likeness (QED) is 0.771. The van der Waals surface area contributed by atoms with Crippen LogP contribution in [0.5, 0.6) is 0 Å². The van der Waals surface area contributed by atoms with Gasteiger partial charge in [-0.3, -0.25) is 4.79 Å². The number of carbonyl (C=O) groups excluding carboxylic acids is 1. The first kappa shape index (κ1) is 16.3. The predicted molar refractivity (Wildman–Crippen MR) is 92.5 cm³/mol. The van der Waals surface area contributed by atoms with Gasteiger partial charge in [-0.1, -0.05) is 30.3 Å². The second-order valence-corrected chi connectivity index (χ2v) is 6.53. The normalized spacial score (nSPS) is 10.6. The van der Waals surface area contributed by atoms with Gasteiger partial charge in [0.15, 0.2) is 0 Å². The van der Waals surface area contributed by atoms with Gasteiger partial charge >= 0.3 is 0 Å². The summed E-state index contributed by atoms with van der Waals surface area (Å²) in [4.78, 5) is 21.5. The van der Waals surface area contributed by atoms with Gasteiger partial charge in [-0.25, -0.2) is 14.4 Å². The van der Waals surface area contributed by atoms with Crippen molar-refractivity contribution in [3.8, 4) is 11.3 Å². The van der Waals surface area contributed by atoms with Crippen molar-refractivity contribution in [1.29, 1.82) is 0 Å². The summed E-state index contributed by atoms with van der Waals surface area (Å²) in [6.45, 7) is 2.50. The predicted octanol–water partition coefficient (Wildman–Crippen LogP) is 3.63. The van der Waals surface area contributed by atoms with Gasteiger partial charge in [0.05, 0.1) is 16.9 Å². The maximum absolute atomic E-state index is 12.8. The summed E-state index contributed by atoms with van der Waals surface area (Å²) in [6.07, 6.45) is 1.68. The van der Waals surface area contributed by atoms with Crippen LogP contribution >= 0.6 is 11.3 Å². The minimum atomic E-state index is -0.460. The number of halogens is 1. The molecule has 6 heteroatoms. The summed E-state index contributed by atoms with van der Waals surface area (Å²) in [7, 11) is 0. The van der Waals surface area contributed by atoms with Crippen LogP contribution in [0.25, 0.3) is 11.3 Å². The van der Waals surface area contributed by atoms with Crippen molar-refractivity contribution in [2.45, 2.75) is 13.3 Å². The van der Waals surface area contributed by atoms with Gasteiger partial charge in [-0.2, -0.15) is 0 Å². The van der Waals surface area contributed by atoms with E-state index in [1.807, 2.05) is 37.3 Å². The highest BCUT2D eigenvalue weighted by molar-refractivity contribution is 7.12. The number of hydrogen-bond acceptors (Lipinski definition) is 4. The molecule has 0 saturated carbocycles. The van der Waals surface area contributed by atoms with Crippen molar-refractivity contribution in [3.05, 3.63) is 70.1 Å². The molecule has 3 aromatic rings. The lowest BCUT2D eigenvalue weighted by atomic mass is 10.1. The summed E-state index contributed by atoms with van der Waals surface area (Å²) >= 11 is 1.63. The number of nitrogens with zero attached hydrogens (tertiary/aromatic N) is 2. The Morgan fingerprint density at radius 3 is 2.71 bits per heavy atom. The van der Waals surface area contributed by atoms with E-state index < -0.39 is 5.82 Å². The van der Waals surface area contributed by atoms with Gasteiger partial charge < -0.3 is 5.32 Å². The van der Waals surface area contributed by atoms with Gasteiger partial charge in [-0.15, -0.1) is 11.3 Å². The molecule has 0 bridgehead atoms. The van der Waals surface area contributed by atoms with Crippen LogP contribution in [0.1, 0.15) is 20.4 Å². The third-order valence-corrected chi connectivity index (χ3v) is 4.50. The van der Waals surface area contributed by atoms with E-state index in [1.165, 1.54) is 12.1 Å². The second-order valence-electron chi connectivity index (χ2n) is 5.25. The molecule has 4 nitrogen and oxygen atoms in total. The zero-order valence-electron chi connectivity index (χ0n) is 13.1. The highest BCUT2D eigenvalue weighted by Gasteiger charge is 2.11. The van der Waals surface area contributed by atoms with Gasteiger partial charge in [0.25, 0.3) is 5.91 Å². The fraction of sp³-hybridized carbons (Fsp3) is 0.167. The first-order valence-electron chi connectivity index (χ1n) is 7.55. The molecular formula is C18H16FN3OS. The maximum atomic E-state index is 12.8. The number of benzene rings is 1. The van der Waals surface area contributed by atoms with Gasteiger partial charge in [0.1, 0.15) is 11.5 Å². The largest absolute Gasteiger partial charge is 0.350 e. The van der Waals surface area contributed by atoms with E-state index >= 15 is 0 Å². The lowest BCUT2D eigenvalue weighted by Gasteiger charge is -2.03. The van der Waals surface area contributed by atoms with Crippen LogP contribution in [-0.4, -0.2) is 22.4 Å². The smallest absolute Gasteiger partial charge is 0.269 e. The number of hydrogen-bond donors (Lipinski definition) is 1. The Labute approximate surface area is 143 Å². The molecule has 122 valence electrons. The number of nitrogens with one attached hydrogen (secondary N) is 1. The molecule has 1 aromatic carbocycles. The van der Waals surface area contributed by atoms with Crippen molar-refractivity contribution in [1.82, 2.24) is 15.3 Å². The van der Waals surface area contributed by atoms with Crippen LogP contribution in [-0.2, 0) is 6.42 Å². The molecule has 1 amide bonds. The van der Waals surface area contributed by atoms with E-state index in [-0.39, 0.29) is 11.6 Å². The van der Waals surface area contributed by atoms with E-state index in [0.717, 1.165) is 27.3 Å².